The van der Waals surface area contributed by atoms with Crippen LogP contribution in [0.25, 0.3) is 0 Å². The van der Waals surface area contributed by atoms with E-state index >= 15 is 0 Å². The van der Waals surface area contributed by atoms with Gasteiger partial charge in [0.25, 0.3) is 15.8 Å². The maximum absolute atomic E-state index is 10.9. The molecule has 0 bridgehead atoms. The number of nitro benzene ring substituents is 1. The van der Waals surface area contributed by atoms with Crippen LogP contribution in [0.4, 0.5) is 11.4 Å². The Kier molecular flexibility index (Phi) is 4.49. The van der Waals surface area contributed by atoms with Gasteiger partial charge >= 0.3 is 0 Å². The van der Waals surface area contributed by atoms with E-state index in [9.17, 15) is 18.5 Å². The third-order valence-electron chi connectivity index (χ3n) is 2.64. The Morgan fingerprint density at radius 3 is 2.45 bits per heavy atom. The zero-order chi connectivity index (χ0) is 16.2. The number of nitrogens with zero attached hydrogens (tertiary/aromatic N) is 2. The molecule has 0 fully saturated rings. The third kappa shape index (κ3) is 4.11. The van der Waals surface area contributed by atoms with Crippen LogP contribution in [0.2, 0.25) is 0 Å². The fourth-order valence-electron chi connectivity index (χ4n) is 1.60. The summed E-state index contributed by atoms with van der Waals surface area (Å²) >= 11 is 0. The van der Waals surface area contributed by atoms with Crippen LogP contribution in [-0.2, 0) is 10.1 Å². The van der Waals surface area contributed by atoms with Crippen molar-refractivity contribution in [3.63, 3.8) is 0 Å². The van der Waals surface area contributed by atoms with Gasteiger partial charge in [-0.25, -0.2) is 0 Å². The first-order valence-corrected chi connectivity index (χ1v) is 7.41. The Bertz CT molecular complexity index is 816. The van der Waals surface area contributed by atoms with E-state index in [0.29, 0.717) is 11.3 Å². The van der Waals surface area contributed by atoms with Crippen molar-refractivity contribution in [2.45, 2.75) is 4.90 Å². The number of anilines is 1. The topological polar surface area (TPSA) is 122 Å². The van der Waals surface area contributed by atoms with Crippen LogP contribution < -0.4 is 5.43 Å². The normalized spacial score (nSPS) is 11.5. The van der Waals surface area contributed by atoms with Crippen LogP contribution in [0.3, 0.4) is 0 Å². The van der Waals surface area contributed by atoms with Gasteiger partial charge in [-0.05, 0) is 24.3 Å². The van der Waals surface area contributed by atoms with Crippen LogP contribution in [0, 0.1) is 10.1 Å². The molecule has 0 aromatic heterocycles. The number of rotatable bonds is 5. The lowest BCUT2D eigenvalue weighted by molar-refractivity contribution is -0.384. The molecule has 0 saturated carbocycles. The van der Waals surface area contributed by atoms with Gasteiger partial charge in [0.1, 0.15) is 0 Å². The molecule has 0 spiro atoms. The van der Waals surface area contributed by atoms with E-state index in [-0.39, 0.29) is 10.6 Å². The fraction of sp³-hybridized carbons (Fsp3) is 0. The highest BCUT2D eigenvalue weighted by molar-refractivity contribution is 7.85. The smallest absolute Gasteiger partial charge is 0.282 e. The van der Waals surface area contributed by atoms with Crippen LogP contribution in [0.5, 0.6) is 0 Å². The van der Waals surface area contributed by atoms with Gasteiger partial charge in [0.2, 0.25) is 0 Å². The second-order valence-electron chi connectivity index (χ2n) is 4.22. The minimum absolute atomic E-state index is 0.0403. The summed E-state index contributed by atoms with van der Waals surface area (Å²) in [6.07, 6.45) is 1.39. The molecule has 0 unspecified atom stereocenters. The van der Waals surface area contributed by atoms with Crippen molar-refractivity contribution >= 4 is 27.7 Å². The summed E-state index contributed by atoms with van der Waals surface area (Å²) in [6, 6.07) is 11.2. The fourth-order valence-corrected chi connectivity index (χ4v) is 2.08. The highest BCUT2D eigenvalue weighted by Gasteiger charge is 2.08. The van der Waals surface area contributed by atoms with Gasteiger partial charge in [-0.2, -0.15) is 13.5 Å². The van der Waals surface area contributed by atoms with E-state index in [4.69, 9.17) is 4.55 Å². The molecule has 0 atom stereocenters. The quantitative estimate of drug-likeness (QED) is 0.377. The molecule has 0 heterocycles. The highest BCUT2D eigenvalue weighted by Crippen LogP contribution is 2.14. The summed E-state index contributed by atoms with van der Waals surface area (Å²) in [7, 11) is -4.23. The first-order valence-electron chi connectivity index (χ1n) is 5.97. The third-order valence-corrected chi connectivity index (χ3v) is 3.51. The standard InChI is InChI=1S/C13H11N3O5S/c17-16(18)12-3-1-2-10(8-12)9-14-15-11-4-6-13(7-5-11)22(19,20)21/h1-9,15H,(H,19,20,21)/b14-9+. The Labute approximate surface area is 126 Å². The predicted molar refractivity (Wildman–Crippen MR) is 80.6 cm³/mol. The first kappa shape index (κ1) is 15.6. The Balaban J connectivity index is 2.06. The molecule has 2 N–H and O–H groups in total. The monoisotopic (exact) mass is 321 g/mol. The molecule has 0 amide bonds. The molecule has 114 valence electrons. The van der Waals surface area contributed by atoms with Gasteiger partial charge < -0.3 is 0 Å². The van der Waals surface area contributed by atoms with Crippen LogP contribution in [0.15, 0.2) is 58.5 Å². The lowest BCUT2D eigenvalue weighted by Gasteiger charge is -2.01. The number of benzene rings is 2. The van der Waals surface area contributed by atoms with Crippen molar-refractivity contribution in [1.82, 2.24) is 0 Å². The molecule has 0 saturated heterocycles. The number of hydrogen-bond donors (Lipinski definition) is 2. The average Bonchev–Trinajstić information content (AvgIpc) is 2.47. The molecule has 22 heavy (non-hydrogen) atoms. The Morgan fingerprint density at radius 1 is 1.18 bits per heavy atom. The van der Waals surface area contributed by atoms with Crippen molar-refractivity contribution in [2.24, 2.45) is 5.10 Å². The Morgan fingerprint density at radius 2 is 1.86 bits per heavy atom. The summed E-state index contributed by atoms with van der Waals surface area (Å²) in [5, 5.41) is 14.5. The summed E-state index contributed by atoms with van der Waals surface area (Å²) in [5.74, 6) is 0. The van der Waals surface area contributed by atoms with Gasteiger partial charge in [-0.15, -0.1) is 0 Å². The van der Waals surface area contributed by atoms with Crippen LogP contribution in [0.1, 0.15) is 5.56 Å². The number of nitro groups is 1. The number of non-ortho nitro benzene ring substituents is 1. The van der Waals surface area contributed by atoms with E-state index in [1.54, 1.807) is 12.1 Å². The number of nitrogens with one attached hydrogen (secondary N) is 1. The van der Waals surface area contributed by atoms with Crippen molar-refractivity contribution < 1.29 is 17.9 Å². The van der Waals surface area contributed by atoms with Gasteiger partial charge in [0.15, 0.2) is 0 Å². The van der Waals surface area contributed by atoms with E-state index in [2.05, 4.69) is 10.5 Å². The molecular formula is C13H11N3O5S. The number of hydrazone groups is 1. The van der Waals surface area contributed by atoms with E-state index in [1.165, 1.54) is 42.6 Å². The molecule has 2 aromatic carbocycles. The van der Waals surface area contributed by atoms with Crippen molar-refractivity contribution in [1.29, 1.82) is 0 Å². The largest absolute Gasteiger partial charge is 0.294 e. The second kappa shape index (κ2) is 6.33. The molecule has 2 aromatic rings. The SMILES string of the molecule is O=[N+]([O-])c1cccc(/C=N/Nc2ccc(S(=O)(=O)O)cc2)c1. The maximum atomic E-state index is 10.9. The van der Waals surface area contributed by atoms with Gasteiger partial charge in [-0.3, -0.25) is 20.1 Å². The maximum Gasteiger partial charge on any atom is 0.294 e. The Hall–Kier alpha value is -2.78. The first-order chi connectivity index (χ1) is 10.4. The van der Waals surface area contributed by atoms with Crippen LogP contribution in [-0.4, -0.2) is 24.1 Å². The lowest BCUT2D eigenvalue weighted by atomic mass is 10.2. The molecule has 8 nitrogen and oxygen atoms in total. The predicted octanol–water partition coefficient (Wildman–Crippen LogP) is 2.29. The second-order valence-corrected chi connectivity index (χ2v) is 5.64. The molecule has 0 aliphatic heterocycles. The minimum atomic E-state index is -4.23. The van der Waals surface area contributed by atoms with Crippen molar-refractivity contribution in [3.8, 4) is 0 Å². The minimum Gasteiger partial charge on any atom is -0.282 e. The summed E-state index contributed by atoms with van der Waals surface area (Å²) < 4.78 is 30.6. The van der Waals surface area contributed by atoms with E-state index in [0.717, 1.165) is 0 Å². The van der Waals surface area contributed by atoms with Crippen molar-refractivity contribution in [3.05, 3.63) is 64.2 Å². The molecule has 0 radical (unpaired) electrons. The van der Waals surface area contributed by atoms with Gasteiger partial charge in [0.05, 0.1) is 21.7 Å². The highest BCUT2D eigenvalue weighted by atomic mass is 32.2. The zero-order valence-corrected chi connectivity index (χ0v) is 11.9. The van der Waals surface area contributed by atoms with Gasteiger partial charge in [0, 0.05) is 17.7 Å². The van der Waals surface area contributed by atoms with E-state index < -0.39 is 15.0 Å². The zero-order valence-electron chi connectivity index (χ0n) is 11.1. The van der Waals surface area contributed by atoms with Crippen LogP contribution >= 0.6 is 0 Å². The molecule has 0 aliphatic rings. The number of hydrogen-bond acceptors (Lipinski definition) is 6. The molecular weight excluding hydrogens is 310 g/mol. The molecule has 9 heteroatoms. The average molecular weight is 321 g/mol. The molecule has 0 aliphatic carbocycles. The lowest BCUT2D eigenvalue weighted by Crippen LogP contribution is -1.98. The van der Waals surface area contributed by atoms with E-state index in [1.807, 2.05) is 0 Å². The van der Waals surface area contributed by atoms with Gasteiger partial charge in [-0.1, -0.05) is 12.1 Å². The summed E-state index contributed by atoms with van der Waals surface area (Å²) in [6.45, 7) is 0. The summed E-state index contributed by atoms with van der Waals surface area (Å²) in [4.78, 5) is 9.91. The molecule has 2 rings (SSSR count). The van der Waals surface area contributed by atoms with Crippen molar-refractivity contribution in [2.75, 3.05) is 5.43 Å². The summed E-state index contributed by atoms with van der Waals surface area (Å²) in [5.41, 5.74) is 3.64.